The van der Waals surface area contributed by atoms with Crippen LogP contribution in [0.15, 0.2) is 53.9 Å². The lowest BCUT2D eigenvalue weighted by molar-refractivity contribution is -0.145. The van der Waals surface area contributed by atoms with Gasteiger partial charge in [-0.25, -0.2) is 4.98 Å². The van der Waals surface area contributed by atoms with Gasteiger partial charge in [-0.1, -0.05) is 24.3 Å². The van der Waals surface area contributed by atoms with E-state index in [1.807, 2.05) is 58.8 Å². The third kappa shape index (κ3) is 6.29. The number of rotatable bonds is 9. The lowest BCUT2D eigenvalue weighted by atomic mass is 9.80. The van der Waals surface area contributed by atoms with E-state index in [4.69, 9.17) is 4.74 Å². The molecule has 9 nitrogen and oxygen atoms in total. The van der Waals surface area contributed by atoms with E-state index in [1.54, 1.807) is 0 Å². The molecule has 2 aromatic carbocycles. The van der Waals surface area contributed by atoms with Gasteiger partial charge in [-0.15, -0.1) is 11.3 Å². The molecule has 1 saturated heterocycles. The lowest BCUT2D eigenvalue weighted by Crippen LogP contribution is -2.48. The third-order valence-corrected chi connectivity index (χ3v) is 8.32. The molecule has 1 aromatic heterocycles. The highest BCUT2D eigenvalue weighted by Crippen LogP contribution is 2.40. The molecule has 1 fully saturated rings. The summed E-state index contributed by atoms with van der Waals surface area (Å²) in [5.41, 5.74) is 2.74. The van der Waals surface area contributed by atoms with Crippen LogP contribution in [-0.4, -0.2) is 77.5 Å². The highest BCUT2D eigenvalue weighted by molar-refractivity contribution is 7.09. The van der Waals surface area contributed by atoms with Crippen LogP contribution in [0.4, 0.5) is 0 Å². The van der Waals surface area contributed by atoms with Crippen molar-refractivity contribution in [1.82, 2.24) is 20.1 Å². The summed E-state index contributed by atoms with van der Waals surface area (Å²) < 4.78 is 5.71. The van der Waals surface area contributed by atoms with Crippen LogP contribution in [0.2, 0.25) is 0 Å². The molecule has 3 aromatic rings. The fourth-order valence-electron chi connectivity index (χ4n) is 5.23. The Hall–Kier alpha value is -3.76. The maximum atomic E-state index is 13.2. The fourth-order valence-corrected chi connectivity index (χ4v) is 5.97. The number of nitrogens with one attached hydrogen (secondary N) is 1. The number of thiazole rings is 1. The van der Waals surface area contributed by atoms with Crippen LogP contribution in [0.5, 0.6) is 5.75 Å². The molecule has 1 aliphatic carbocycles. The summed E-state index contributed by atoms with van der Waals surface area (Å²) in [5, 5.41) is 15.1. The van der Waals surface area contributed by atoms with Crippen molar-refractivity contribution in [2.75, 3.05) is 39.8 Å². The number of benzene rings is 2. The molecule has 0 radical (unpaired) electrons. The molecule has 2 N–H and O–H groups in total. The van der Waals surface area contributed by atoms with Crippen molar-refractivity contribution < 1.29 is 24.2 Å². The Balaban J connectivity index is 1.15. The van der Waals surface area contributed by atoms with Crippen molar-refractivity contribution in [3.8, 4) is 17.0 Å². The van der Waals surface area contributed by atoms with Gasteiger partial charge in [0.15, 0.2) is 6.61 Å². The van der Waals surface area contributed by atoms with E-state index < -0.39 is 11.4 Å². The molecule has 0 spiro atoms. The molecule has 0 bridgehead atoms. The minimum absolute atomic E-state index is 0.00927. The standard InChI is InChI=1S/C29H32N4O5S/c1-32-10-12-33(13-11-32)26(34)18-38-23-8-6-20(7-9-23)24-19-39-25(31-24)17-30-28(37)29(16-27(35)36)14-21-4-2-3-5-22(21)15-29/h2-9,19H,10-18H2,1H3,(H,30,37)(H,35,36). The smallest absolute Gasteiger partial charge is 0.304 e. The second kappa shape index (κ2) is 11.5. The van der Waals surface area contributed by atoms with Gasteiger partial charge < -0.3 is 25.0 Å². The van der Waals surface area contributed by atoms with Gasteiger partial charge in [0.05, 0.1) is 24.1 Å². The molecular formula is C29H32N4O5S. The molecule has 0 atom stereocenters. The maximum Gasteiger partial charge on any atom is 0.304 e. The van der Waals surface area contributed by atoms with Crippen LogP contribution < -0.4 is 10.1 Å². The molecule has 2 aliphatic rings. The first-order valence-corrected chi connectivity index (χ1v) is 13.9. The zero-order valence-electron chi connectivity index (χ0n) is 21.9. The number of fused-ring (bicyclic) bond motifs is 1. The van der Waals surface area contributed by atoms with Crippen LogP contribution in [0.3, 0.4) is 0 Å². The Labute approximate surface area is 231 Å². The topological polar surface area (TPSA) is 112 Å². The minimum atomic E-state index is -0.989. The highest BCUT2D eigenvalue weighted by Gasteiger charge is 2.45. The van der Waals surface area contributed by atoms with Crippen molar-refractivity contribution in [2.45, 2.75) is 25.8 Å². The van der Waals surface area contributed by atoms with Gasteiger partial charge in [-0.3, -0.25) is 14.4 Å². The molecule has 5 rings (SSSR count). The Kier molecular flexibility index (Phi) is 7.94. The molecule has 10 heteroatoms. The van der Waals surface area contributed by atoms with Gasteiger partial charge in [0.25, 0.3) is 5.91 Å². The number of hydrogen-bond acceptors (Lipinski definition) is 7. The van der Waals surface area contributed by atoms with E-state index in [-0.39, 0.29) is 31.4 Å². The van der Waals surface area contributed by atoms with Crippen molar-refractivity contribution in [3.05, 3.63) is 70.0 Å². The number of carboxylic acid groups (broad SMARTS) is 1. The Bertz CT molecular complexity index is 1320. The van der Waals surface area contributed by atoms with E-state index in [0.29, 0.717) is 18.6 Å². The van der Waals surface area contributed by atoms with Gasteiger partial charge in [0, 0.05) is 37.1 Å². The maximum absolute atomic E-state index is 13.2. The molecule has 2 heterocycles. The number of nitrogens with zero attached hydrogens (tertiary/aromatic N) is 3. The molecule has 39 heavy (non-hydrogen) atoms. The Morgan fingerprint density at radius 2 is 1.69 bits per heavy atom. The normalized spacial score (nSPS) is 16.5. The third-order valence-electron chi connectivity index (χ3n) is 7.47. The van der Waals surface area contributed by atoms with Crippen molar-refractivity contribution in [1.29, 1.82) is 0 Å². The average Bonchev–Trinajstić information content (AvgIpc) is 3.56. The predicted octanol–water partition coefficient (Wildman–Crippen LogP) is 2.84. The minimum Gasteiger partial charge on any atom is -0.484 e. The molecule has 1 aliphatic heterocycles. The zero-order valence-corrected chi connectivity index (χ0v) is 22.7. The van der Waals surface area contributed by atoms with Crippen molar-refractivity contribution in [2.24, 2.45) is 5.41 Å². The number of amides is 2. The predicted molar refractivity (Wildman–Crippen MR) is 148 cm³/mol. The van der Waals surface area contributed by atoms with Crippen molar-refractivity contribution >= 4 is 29.1 Å². The van der Waals surface area contributed by atoms with Crippen molar-refractivity contribution in [3.63, 3.8) is 0 Å². The summed E-state index contributed by atoms with van der Waals surface area (Å²) in [6.45, 7) is 3.43. The summed E-state index contributed by atoms with van der Waals surface area (Å²) in [7, 11) is 2.05. The average molecular weight is 549 g/mol. The van der Waals surface area contributed by atoms with Crippen LogP contribution >= 0.6 is 11.3 Å². The second-order valence-electron chi connectivity index (χ2n) is 10.3. The number of piperazine rings is 1. The first kappa shape index (κ1) is 26.8. The number of carbonyl (C=O) groups excluding carboxylic acids is 2. The summed E-state index contributed by atoms with van der Waals surface area (Å²) in [6.07, 6.45) is 0.617. The number of likely N-dealkylation sites (N-methyl/N-ethyl adjacent to an activating group) is 1. The molecule has 0 saturated carbocycles. The second-order valence-corrected chi connectivity index (χ2v) is 11.2. The summed E-state index contributed by atoms with van der Waals surface area (Å²) in [5.74, 6) is -0.633. The number of aromatic nitrogens is 1. The van der Waals surface area contributed by atoms with E-state index in [0.717, 1.165) is 53.6 Å². The molecule has 2 amide bonds. The first-order valence-electron chi connectivity index (χ1n) is 13.0. The van der Waals surface area contributed by atoms with Crippen LogP contribution in [0.1, 0.15) is 22.6 Å². The monoisotopic (exact) mass is 548 g/mol. The van der Waals surface area contributed by atoms with Gasteiger partial charge in [-0.05, 0) is 55.3 Å². The molecular weight excluding hydrogens is 516 g/mol. The number of ether oxygens (including phenoxy) is 1. The quantitative estimate of drug-likeness (QED) is 0.423. The number of carbonyl (C=O) groups is 3. The highest BCUT2D eigenvalue weighted by atomic mass is 32.1. The van der Waals surface area contributed by atoms with E-state index in [2.05, 4.69) is 22.2 Å². The Morgan fingerprint density at radius 1 is 1.03 bits per heavy atom. The fraction of sp³-hybridized carbons (Fsp3) is 0.379. The SMILES string of the molecule is CN1CCN(C(=O)COc2ccc(-c3csc(CNC(=O)C4(CC(=O)O)Cc5ccccc5C4)n3)cc2)CC1. The molecule has 0 unspecified atom stereocenters. The van der Waals surface area contributed by atoms with Gasteiger partial charge >= 0.3 is 5.97 Å². The van der Waals surface area contributed by atoms with E-state index in [1.165, 1.54) is 11.3 Å². The van der Waals surface area contributed by atoms with Gasteiger partial charge in [0.2, 0.25) is 5.91 Å². The first-order chi connectivity index (χ1) is 18.8. The largest absolute Gasteiger partial charge is 0.484 e. The Morgan fingerprint density at radius 3 is 2.33 bits per heavy atom. The number of carboxylic acids is 1. The lowest BCUT2D eigenvalue weighted by Gasteiger charge is -2.32. The summed E-state index contributed by atoms with van der Waals surface area (Å²) in [6, 6.07) is 15.2. The summed E-state index contributed by atoms with van der Waals surface area (Å²) in [4.78, 5) is 46.0. The van der Waals surface area contributed by atoms with Gasteiger partial charge in [0.1, 0.15) is 10.8 Å². The molecule has 204 valence electrons. The zero-order chi connectivity index (χ0) is 27.4. The number of hydrogen-bond donors (Lipinski definition) is 2. The van der Waals surface area contributed by atoms with E-state index >= 15 is 0 Å². The van der Waals surface area contributed by atoms with E-state index in [9.17, 15) is 19.5 Å². The van der Waals surface area contributed by atoms with Crippen LogP contribution in [0.25, 0.3) is 11.3 Å². The summed E-state index contributed by atoms with van der Waals surface area (Å²) >= 11 is 1.44. The van der Waals surface area contributed by atoms with Crippen LogP contribution in [0, 0.1) is 5.41 Å². The number of aliphatic carboxylic acids is 1. The van der Waals surface area contributed by atoms with Crippen LogP contribution in [-0.2, 0) is 33.8 Å². The van der Waals surface area contributed by atoms with Gasteiger partial charge in [-0.2, -0.15) is 0 Å².